The van der Waals surface area contributed by atoms with Crippen molar-refractivity contribution >= 4 is 59.3 Å². The fourth-order valence-corrected chi connectivity index (χ4v) is 12.2. The van der Waals surface area contributed by atoms with E-state index in [1.807, 2.05) is 11.3 Å². The van der Waals surface area contributed by atoms with E-state index in [1.165, 1.54) is 92.1 Å². The van der Waals surface area contributed by atoms with Crippen LogP contribution in [-0.4, -0.2) is 0 Å². The van der Waals surface area contributed by atoms with E-state index in [1.54, 1.807) is 0 Å². The Bertz CT molecular complexity index is 3780. The summed E-state index contributed by atoms with van der Waals surface area (Å²) >= 11 is 1.87. The third kappa shape index (κ3) is 6.29. The molecule has 11 aromatic carbocycles. The van der Waals surface area contributed by atoms with Crippen LogP contribution in [0.5, 0.6) is 0 Å². The molecular formula is C65H43NS. The number of rotatable bonds is 8. The van der Waals surface area contributed by atoms with Gasteiger partial charge in [-0.1, -0.05) is 212 Å². The Balaban J connectivity index is 1.13. The standard InChI is InChI=1S/C65H43NS/c1-3-19-44(20-4-1)47-23-15-27-51(42-47)66(52-28-16-26-50(43-52)65(49-24-5-2-6-25-49)58-34-12-9-29-54(58)55-30-10-13-35-59(55)65)60-36-17-32-53(48-40-39-45-21-7-8-22-46(45)41-48)63(60)57-33-18-38-62-64(57)56-31-11-14-37-61(56)67-62/h1-43H. The number of thiophene rings is 1. The molecular weight excluding hydrogens is 827 g/mol. The van der Waals surface area contributed by atoms with E-state index in [4.69, 9.17) is 0 Å². The van der Waals surface area contributed by atoms with Crippen molar-refractivity contribution in [2.45, 2.75) is 5.41 Å². The molecule has 0 spiro atoms. The first-order valence-corrected chi connectivity index (χ1v) is 23.9. The van der Waals surface area contributed by atoms with E-state index >= 15 is 0 Å². The van der Waals surface area contributed by atoms with Crippen LogP contribution in [0.3, 0.4) is 0 Å². The van der Waals surface area contributed by atoms with Crippen molar-refractivity contribution in [3.8, 4) is 44.5 Å². The topological polar surface area (TPSA) is 3.24 Å². The maximum atomic E-state index is 2.52. The quantitative estimate of drug-likeness (QED) is 0.147. The molecule has 0 amide bonds. The zero-order chi connectivity index (χ0) is 44.3. The molecule has 1 aliphatic carbocycles. The van der Waals surface area contributed by atoms with E-state index in [2.05, 4.69) is 266 Å². The molecule has 314 valence electrons. The smallest absolute Gasteiger partial charge is 0.0714 e. The number of hydrogen-bond acceptors (Lipinski definition) is 2. The molecule has 0 fully saturated rings. The van der Waals surface area contributed by atoms with Gasteiger partial charge in [0, 0.05) is 37.1 Å². The minimum Gasteiger partial charge on any atom is -0.310 e. The lowest BCUT2D eigenvalue weighted by molar-refractivity contribution is 0.768. The Labute approximate surface area is 395 Å². The molecule has 0 N–H and O–H groups in total. The highest BCUT2D eigenvalue weighted by molar-refractivity contribution is 7.25. The van der Waals surface area contributed by atoms with Crippen LogP contribution < -0.4 is 4.90 Å². The maximum Gasteiger partial charge on any atom is 0.0714 e. The third-order valence-electron chi connectivity index (χ3n) is 13.9. The summed E-state index contributed by atoms with van der Waals surface area (Å²) in [6.45, 7) is 0. The van der Waals surface area contributed by atoms with Crippen LogP contribution in [0.2, 0.25) is 0 Å². The van der Waals surface area contributed by atoms with Gasteiger partial charge in [-0.2, -0.15) is 0 Å². The van der Waals surface area contributed by atoms with Crippen LogP contribution in [0.15, 0.2) is 261 Å². The normalized spacial score (nSPS) is 12.6. The largest absolute Gasteiger partial charge is 0.310 e. The Morgan fingerprint density at radius 1 is 0.328 bits per heavy atom. The van der Waals surface area contributed by atoms with Crippen LogP contribution in [-0.2, 0) is 5.41 Å². The molecule has 1 aliphatic rings. The predicted molar refractivity (Wildman–Crippen MR) is 285 cm³/mol. The van der Waals surface area contributed by atoms with Crippen LogP contribution >= 0.6 is 11.3 Å². The first-order valence-electron chi connectivity index (χ1n) is 23.1. The summed E-state index contributed by atoms with van der Waals surface area (Å²) in [5.74, 6) is 0. The minimum absolute atomic E-state index is 0.557. The summed E-state index contributed by atoms with van der Waals surface area (Å²) in [5.41, 5.74) is 17.5. The Morgan fingerprint density at radius 2 is 0.896 bits per heavy atom. The number of anilines is 3. The molecule has 0 aliphatic heterocycles. The van der Waals surface area contributed by atoms with Crippen molar-refractivity contribution in [2.24, 2.45) is 0 Å². The maximum absolute atomic E-state index is 2.52. The lowest BCUT2D eigenvalue weighted by Gasteiger charge is -2.35. The molecule has 1 nitrogen and oxygen atoms in total. The Morgan fingerprint density at radius 3 is 1.70 bits per heavy atom. The van der Waals surface area contributed by atoms with Gasteiger partial charge < -0.3 is 4.90 Å². The van der Waals surface area contributed by atoms with Crippen LogP contribution in [0.25, 0.3) is 75.5 Å². The average Bonchev–Trinajstić information content (AvgIpc) is 3.94. The van der Waals surface area contributed by atoms with Gasteiger partial charge in [0.05, 0.1) is 11.1 Å². The summed E-state index contributed by atoms with van der Waals surface area (Å²) in [6.07, 6.45) is 0. The van der Waals surface area contributed by atoms with Crippen LogP contribution in [0.1, 0.15) is 22.3 Å². The SMILES string of the molecule is c1ccc(-c2cccc(N(c3cccc(C4(c5ccccc5)c5ccccc5-c5ccccc54)c3)c3cccc(-c4ccc5ccccc5c4)c3-c3cccc4sc5ccccc5c34)c2)cc1. The van der Waals surface area contributed by atoms with Crippen molar-refractivity contribution in [1.82, 2.24) is 0 Å². The molecule has 2 heteroatoms. The van der Waals surface area contributed by atoms with Gasteiger partial charge in [-0.25, -0.2) is 0 Å². The molecule has 0 atom stereocenters. The third-order valence-corrected chi connectivity index (χ3v) is 15.1. The first kappa shape index (κ1) is 39.1. The average molecular weight is 870 g/mol. The molecule has 13 rings (SSSR count). The van der Waals surface area contributed by atoms with Gasteiger partial charge >= 0.3 is 0 Å². The zero-order valence-corrected chi connectivity index (χ0v) is 37.5. The number of fused-ring (bicyclic) bond motifs is 7. The number of benzene rings is 11. The molecule has 0 bridgehead atoms. The van der Waals surface area contributed by atoms with Crippen molar-refractivity contribution in [2.75, 3.05) is 4.90 Å². The highest BCUT2D eigenvalue weighted by Crippen LogP contribution is 2.57. The van der Waals surface area contributed by atoms with Gasteiger partial charge in [0.15, 0.2) is 0 Å². The van der Waals surface area contributed by atoms with Gasteiger partial charge in [-0.05, 0) is 121 Å². The van der Waals surface area contributed by atoms with Gasteiger partial charge in [0.25, 0.3) is 0 Å². The van der Waals surface area contributed by atoms with E-state index in [0.29, 0.717) is 0 Å². The van der Waals surface area contributed by atoms with Crippen LogP contribution in [0.4, 0.5) is 17.1 Å². The van der Waals surface area contributed by atoms with E-state index < -0.39 is 5.41 Å². The lowest BCUT2D eigenvalue weighted by atomic mass is 9.67. The van der Waals surface area contributed by atoms with Crippen molar-refractivity contribution in [1.29, 1.82) is 0 Å². The second-order valence-corrected chi connectivity index (χ2v) is 18.6. The van der Waals surface area contributed by atoms with Gasteiger partial charge in [0.2, 0.25) is 0 Å². The zero-order valence-electron chi connectivity index (χ0n) is 36.7. The lowest BCUT2D eigenvalue weighted by Crippen LogP contribution is -2.28. The summed E-state index contributed by atoms with van der Waals surface area (Å²) < 4.78 is 2.57. The molecule has 0 saturated heterocycles. The number of nitrogens with zero attached hydrogens (tertiary/aromatic N) is 1. The Kier molecular flexibility index (Phi) is 9.33. The second kappa shape index (κ2) is 16.0. The molecule has 12 aromatic rings. The fraction of sp³-hybridized carbons (Fsp3) is 0.0154. The second-order valence-electron chi connectivity index (χ2n) is 17.5. The van der Waals surface area contributed by atoms with Crippen molar-refractivity contribution < 1.29 is 0 Å². The van der Waals surface area contributed by atoms with Gasteiger partial charge in [-0.15, -0.1) is 11.3 Å². The van der Waals surface area contributed by atoms with E-state index in [0.717, 1.165) is 22.6 Å². The molecule has 1 heterocycles. The summed E-state index contributed by atoms with van der Waals surface area (Å²) in [5, 5.41) is 5.01. The molecule has 0 unspecified atom stereocenters. The van der Waals surface area contributed by atoms with Crippen LogP contribution in [0, 0.1) is 0 Å². The molecule has 67 heavy (non-hydrogen) atoms. The minimum atomic E-state index is -0.557. The fourth-order valence-electron chi connectivity index (χ4n) is 11.1. The highest BCUT2D eigenvalue weighted by Gasteiger charge is 2.46. The summed E-state index contributed by atoms with van der Waals surface area (Å²) in [6, 6.07) is 96.7. The van der Waals surface area contributed by atoms with Gasteiger partial charge in [-0.3, -0.25) is 0 Å². The molecule has 1 aromatic heterocycles. The van der Waals surface area contributed by atoms with Crippen molar-refractivity contribution in [3.63, 3.8) is 0 Å². The van der Waals surface area contributed by atoms with E-state index in [-0.39, 0.29) is 0 Å². The molecule has 0 radical (unpaired) electrons. The summed E-state index contributed by atoms with van der Waals surface area (Å²) in [7, 11) is 0. The molecule has 0 saturated carbocycles. The first-order chi connectivity index (χ1) is 33.2. The van der Waals surface area contributed by atoms with E-state index in [9.17, 15) is 0 Å². The van der Waals surface area contributed by atoms with Crippen molar-refractivity contribution in [3.05, 3.63) is 283 Å². The predicted octanol–water partition coefficient (Wildman–Crippen LogP) is 18.0. The highest BCUT2D eigenvalue weighted by atomic mass is 32.1. The Hall–Kier alpha value is -8.30. The monoisotopic (exact) mass is 869 g/mol. The number of hydrogen-bond donors (Lipinski definition) is 0. The van der Waals surface area contributed by atoms with Gasteiger partial charge in [0.1, 0.15) is 0 Å². The summed E-state index contributed by atoms with van der Waals surface area (Å²) in [4.78, 5) is 2.52.